The summed E-state index contributed by atoms with van der Waals surface area (Å²) < 4.78 is 5.63. The van der Waals surface area contributed by atoms with E-state index in [0.29, 0.717) is 6.61 Å². The summed E-state index contributed by atoms with van der Waals surface area (Å²) in [6.45, 7) is 10.1. The van der Waals surface area contributed by atoms with Gasteiger partial charge in [0.25, 0.3) is 0 Å². The summed E-state index contributed by atoms with van der Waals surface area (Å²) in [5.41, 5.74) is 2.49. The summed E-state index contributed by atoms with van der Waals surface area (Å²) in [6.07, 6.45) is 2.85. The Labute approximate surface area is 140 Å². The zero-order chi connectivity index (χ0) is 16.7. The van der Waals surface area contributed by atoms with Crippen molar-refractivity contribution in [2.45, 2.75) is 52.9 Å². The lowest BCUT2D eigenvalue weighted by Crippen LogP contribution is -2.45. The van der Waals surface area contributed by atoms with Gasteiger partial charge < -0.3 is 15.0 Å². The molecule has 1 unspecified atom stereocenters. The predicted octanol–water partition coefficient (Wildman–Crippen LogP) is 3.42. The fraction of sp³-hybridized carbons (Fsp3) is 0.632. The van der Waals surface area contributed by atoms with Gasteiger partial charge in [-0.15, -0.1) is 0 Å². The smallest absolute Gasteiger partial charge is 0.193 e. The number of nitrogens with one attached hydrogen (secondary N) is 1. The molecule has 0 spiro atoms. The normalized spacial score (nSPS) is 19.3. The Bertz CT molecular complexity index is 496. The Morgan fingerprint density at radius 2 is 2.00 bits per heavy atom. The molecule has 1 atom stereocenters. The number of rotatable bonds is 5. The maximum absolute atomic E-state index is 5.63. The molecular formula is C19H31N3O. The summed E-state index contributed by atoms with van der Waals surface area (Å²) >= 11 is 0. The average Bonchev–Trinajstić information content (AvgIpc) is 2.54. The molecule has 4 nitrogen and oxygen atoms in total. The highest BCUT2D eigenvalue weighted by molar-refractivity contribution is 5.79. The van der Waals surface area contributed by atoms with E-state index in [2.05, 4.69) is 60.2 Å². The van der Waals surface area contributed by atoms with Gasteiger partial charge in [-0.05, 0) is 43.7 Å². The van der Waals surface area contributed by atoms with Crippen molar-refractivity contribution >= 4 is 5.96 Å². The highest BCUT2D eigenvalue weighted by Crippen LogP contribution is 2.15. The maximum Gasteiger partial charge on any atom is 0.193 e. The molecule has 1 aliphatic rings. The van der Waals surface area contributed by atoms with Crippen LogP contribution in [0, 0.1) is 5.92 Å². The van der Waals surface area contributed by atoms with Gasteiger partial charge in [0.05, 0.1) is 12.7 Å². The Kier molecular flexibility index (Phi) is 6.90. The van der Waals surface area contributed by atoms with Crippen molar-refractivity contribution in [2.24, 2.45) is 10.9 Å². The molecule has 1 aliphatic heterocycles. The van der Waals surface area contributed by atoms with Crippen LogP contribution < -0.4 is 5.32 Å². The van der Waals surface area contributed by atoms with Gasteiger partial charge in [0.1, 0.15) is 0 Å². The fourth-order valence-corrected chi connectivity index (χ4v) is 2.91. The van der Waals surface area contributed by atoms with E-state index in [4.69, 9.17) is 4.74 Å². The van der Waals surface area contributed by atoms with E-state index in [0.717, 1.165) is 31.5 Å². The predicted molar refractivity (Wildman–Crippen MR) is 96.5 cm³/mol. The lowest BCUT2D eigenvalue weighted by Gasteiger charge is -2.33. The molecule has 1 aromatic carbocycles. The molecule has 2 rings (SSSR count). The second-order valence-corrected chi connectivity index (χ2v) is 6.77. The highest BCUT2D eigenvalue weighted by Gasteiger charge is 2.18. The van der Waals surface area contributed by atoms with E-state index in [1.807, 2.05) is 7.05 Å². The average molecular weight is 317 g/mol. The van der Waals surface area contributed by atoms with Gasteiger partial charge >= 0.3 is 0 Å². The molecule has 128 valence electrons. The number of hydrogen-bond donors (Lipinski definition) is 1. The van der Waals surface area contributed by atoms with Crippen LogP contribution in [0.2, 0.25) is 0 Å². The first-order chi connectivity index (χ1) is 11.1. The van der Waals surface area contributed by atoms with Gasteiger partial charge in [0.15, 0.2) is 5.96 Å². The van der Waals surface area contributed by atoms with Gasteiger partial charge in [-0.25, -0.2) is 0 Å². The maximum atomic E-state index is 5.63. The van der Waals surface area contributed by atoms with Crippen molar-refractivity contribution in [3.8, 4) is 0 Å². The number of nitrogens with zero attached hydrogens (tertiary/aromatic N) is 2. The van der Waals surface area contributed by atoms with Crippen molar-refractivity contribution in [1.29, 1.82) is 0 Å². The van der Waals surface area contributed by atoms with Crippen LogP contribution in [0.4, 0.5) is 0 Å². The molecule has 1 fully saturated rings. The fourth-order valence-electron chi connectivity index (χ4n) is 2.91. The summed E-state index contributed by atoms with van der Waals surface area (Å²) in [5.74, 6) is 1.77. The third-order valence-electron chi connectivity index (χ3n) is 4.23. The first-order valence-corrected chi connectivity index (χ1v) is 8.73. The molecule has 0 bridgehead atoms. The second-order valence-electron chi connectivity index (χ2n) is 6.77. The van der Waals surface area contributed by atoms with Crippen LogP contribution in [0.5, 0.6) is 0 Å². The molecule has 0 aromatic heterocycles. The van der Waals surface area contributed by atoms with Gasteiger partial charge in [0, 0.05) is 26.7 Å². The number of ether oxygens (including phenoxy) is 1. The molecule has 1 saturated heterocycles. The molecule has 23 heavy (non-hydrogen) atoms. The van der Waals surface area contributed by atoms with Crippen LogP contribution >= 0.6 is 0 Å². The summed E-state index contributed by atoms with van der Waals surface area (Å²) in [6, 6.07) is 8.62. The van der Waals surface area contributed by atoms with E-state index in [9.17, 15) is 0 Å². The third kappa shape index (κ3) is 5.87. The Hall–Kier alpha value is -1.55. The summed E-state index contributed by atoms with van der Waals surface area (Å²) in [4.78, 5) is 6.81. The number of piperidine rings is 1. The lowest BCUT2D eigenvalue weighted by molar-refractivity contribution is 0.0657. The second kappa shape index (κ2) is 8.92. The molecular weight excluding hydrogens is 286 g/mol. The molecule has 0 radical (unpaired) electrons. The van der Waals surface area contributed by atoms with E-state index in [-0.39, 0.29) is 6.10 Å². The van der Waals surface area contributed by atoms with Crippen LogP contribution in [-0.4, -0.2) is 37.1 Å². The van der Waals surface area contributed by atoms with E-state index >= 15 is 0 Å². The first kappa shape index (κ1) is 17.8. The highest BCUT2D eigenvalue weighted by atomic mass is 16.5. The van der Waals surface area contributed by atoms with Crippen LogP contribution in [0.3, 0.4) is 0 Å². The van der Waals surface area contributed by atoms with Crippen molar-refractivity contribution in [2.75, 3.05) is 20.1 Å². The standard InChI is InChI=1S/C19H31N3O/c1-15(2)23-14-18-9-7-17(8-10-18)12-21-19(20-4)22-11-5-6-16(3)13-22/h7-10,15-16H,5-6,11-14H2,1-4H3,(H,20,21). The van der Waals surface area contributed by atoms with Gasteiger partial charge in [0.2, 0.25) is 0 Å². The Balaban J connectivity index is 1.84. The molecule has 4 heteroatoms. The summed E-state index contributed by atoms with van der Waals surface area (Å²) in [7, 11) is 1.87. The topological polar surface area (TPSA) is 36.9 Å². The van der Waals surface area contributed by atoms with Crippen LogP contribution in [0.15, 0.2) is 29.3 Å². The number of aliphatic imine (C=N–C) groups is 1. The lowest BCUT2D eigenvalue weighted by atomic mass is 10.0. The van der Waals surface area contributed by atoms with Crippen molar-refractivity contribution in [3.63, 3.8) is 0 Å². The van der Waals surface area contributed by atoms with E-state index < -0.39 is 0 Å². The minimum atomic E-state index is 0.270. The zero-order valence-corrected chi connectivity index (χ0v) is 15.0. The minimum Gasteiger partial charge on any atom is -0.374 e. The molecule has 0 saturated carbocycles. The quantitative estimate of drug-likeness (QED) is 0.668. The van der Waals surface area contributed by atoms with Gasteiger partial charge in [-0.2, -0.15) is 0 Å². The van der Waals surface area contributed by atoms with Crippen molar-refractivity contribution < 1.29 is 4.74 Å². The molecule has 0 aliphatic carbocycles. The number of guanidine groups is 1. The largest absolute Gasteiger partial charge is 0.374 e. The zero-order valence-electron chi connectivity index (χ0n) is 15.0. The van der Waals surface area contributed by atoms with Crippen molar-refractivity contribution in [3.05, 3.63) is 35.4 Å². The van der Waals surface area contributed by atoms with Crippen LogP contribution in [-0.2, 0) is 17.9 Å². The SMILES string of the molecule is CN=C(NCc1ccc(COC(C)C)cc1)N1CCCC(C)C1. The molecule has 1 N–H and O–H groups in total. The number of hydrogen-bond acceptors (Lipinski definition) is 2. The Morgan fingerprint density at radius 3 is 2.61 bits per heavy atom. The molecule has 1 heterocycles. The minimum absolute atomic E-state index is 0.270. The monoisotopic (exact) mass is 317 g/mol. The van der Waals surface area contributed by atoms with E-state index in [1.54, 1.807) is 0 Å². The van der Waals surface area contributed by atoms with Crippen molar-refractivity contribution in [1.82, 2.24) is 10.2 Å². The van der Waals surface area contributed by atoms with Crippen LogP contribution in [0.1, 0.15) is 44.7 Å². The van der Waals surface area contributed by atoms with E-state index in [1.165, 1.54) is 24.0 Å². The van der Waals surface area contributed by atoms with Gasteiger partial charge in [-0.1, -0.05) is 31.2 Å². The van der Waals surface area contributed by atoms with Gasteiger partial charge in [-0.3, -0.25) is 4.99 Å². The Morgan fingerprint density at radius 1 is 1.30 bits per heavy atom. The molecule has 0 amide bonds. The number of likely N-dealkylation sites (tertiary alicyclic amines) is 1. The first-order valence-electron chi connectivity index (χ1n) is 8.73. The number of benzene rings is 1. The summed E-state index contributed by atoms with van der Waals surface area (Å²) in [5, 5.41) is 3.49. The molecule has 1 aromatic rings. The van der Waals surface area contributed by atoms with Crippen LogP contribution in [0.25, 0.3) is 0 Å². The third-order valence-corrected chi connectivity index (χ3v) is 4.23.